The number of nitrogens with zero attached hydrogens (tertiary/aromatic N) is 4. The topological polar surface area (TPSA) is 115 Å². The summed E-state index contributed by atoms with van der Waals surface area (Å²) in [7, 11) is 0. The second kappa shape index (κ2) is 10.8. The third-order valence-electron chi connectivity index (χ3n) is 6.61. The zero-order chi connectivity index (χ0) is 31.3. The first-order valence-electron chi connectivity index (χ1n) is 12.6. The SMILES string of the molecule is NC(=O)c1sc2nc(C(F)(F)F)cc(-c3ccc(F)cc3)c2c1NC(=O)c1cnn2c(C(F)F)cc(-c3ccccc3)nc12. The molecule has 0 aliphatic heterocycles. The van der Waals surface area contributed by atoms with Gasteiger partial charge in [0, 0.05) is 10.9 Å². The van der Waals surface area contributed by atoms with Crippen molar-refractivity contribution in [2.75, 3.05) is 5.32 Å². The summed E-state index contributed by atoms with van der Waals surface area (Å²) in [5.74, 6) is -2.69. The van der Waals surface area contributed by atoms with Crippen LogP contribution in [0, 0.1) is 5.82 Å². The quantitative estimate of drug-likeness (QED) is 0.191. The van der Waals surface area contributed by atoms with E-state index in [1.54, 1.807) is 30.3 Å². The van der Waals surface area contributed by atoms with E-state index in [1.807, 2.05) is 0 Å². The van der Waals surface area contributed by atoms with Crippen molar-refractivity contribution in [1.29, 1.82) is 0 Å². The number of alkyl halides is 5. The predicted molar refractivity (Wildman–Crippen MR) is 150 cm³/mol. The van der Waals surface area contributed by atoms with Gasteiger partial charge in [0.1, 0.15) is 32.5 Å². The number of benzene rings is 2. The van der Waals surface area contributed by atoms with Crippen molar-refractivity contribution in [1.82, 2.24) is 19.6 Å². The maximum Gasteiger partial charge on any atom is 0.433 e. The van der Waals surface area contributed by atoms with Gasteiger partial charge in [-0.3, -0.25) is 9.59 Å². The minimum absolute atomic E-state index is 0.0700. The van der Waals surface area contributed by atoms with Gasteiger partial charge >= 0.3 is 6.18 Å². The van der Waals surface area contributed by atoms with Crippen LogP contribution in [0.4, 0.5) is 32.0 Å². The van der Waals surface area contributed by atoms with Crippen LogP contribution in [0.25, 0.3) is 38.2 Å². The summed E-state index contributed by atoms with van der Waals surface area (Å²) in [6.45, 7) is 0. The normalized spacial score (nSPS) is 11.9. The van der Waals surface area contributed by atoms with E-state index in [9.17, 15) is 35.9 Å². The third kappa shape index (κ3) is 5.10. The van der Waals surface area contributed by atoms with Gasteiger partial charge in [-0.25, -0.2) is 27.7 Å². The molecule has 44 heavy (non-hydrogen) atoms. The van der Waals surface area contributed by atoms with Gasteiger partial charge < -0.3 is 11.1 Å². The Morgan fingerprint density at radius 1 is 0.955 bits per heavy atom. The second-order valence-electron chi connectivity index (χ2n) is 9.39. The number of rotatable bonds is 6. The molecule has 2 aromatic carbocycles. The Hall–Kier alpha value is -5.31. The van der Waals surface area contributed by atoms with Crippen molar-refractivity contribution in [2.45, 2.75) is 12.6 Å². The van der Waals surface area contributed by atoms with Crippen LogP contribution in [-0.4, -0.2) is 31.4 Å². The summed E-state index contributed by atoms with van der Waals surface area (Å²) in [5, 5.41) is 6.33. The van der Waals surface area contributed by atoms with E-state index >= 15 is 0 Å². The number of halogens is 6. The van der Waals surface area contributed by atoms with Crippen LogP contribution in [0.1, 0.15) is 37.8 Å². The molecule has 0 unspecified atom stereocenters. The van der Waals surface area contributed by atoms with Crippen molar-refractivity contribution < 1.29 is 35.9 Å². The Labute approximate surface area is 246 Å². The number of aromatic nitrogens is 4. The number of pyridine rings is 1. The van der Waals surface area contributed by atoms with Gasteiger partial charge in [0.25, 0.3) is 18.2 Å². The lowest BCUT2D eigenvalue weighted by molar-refractivity contribution is -0.140. The Balaban J connectivity index is 1.54. The van der Waals surface area contributed by atoms with Crippen LogP contribution in [0.5, 0.6) is 0 Å². The predicted octanol–water partition coefficient (Wildman–Crippen LogP) is 7.12. The molecule has 0 fully saturated rings. The molecule has 2 amide bonds. The number of fused-ring (bicyclic) bond motifs is 2. The largest absolute Gasteiger partial charge is 0.433 e. The average molecular weight is 627 g/mol. The van der Waals surface area contributed by atoms with Crippen molar-refractivity contribution in [3.8, 4) is 22.4 Å². The van der Waals surface area contributed by atoms with Crippen LogP contribution in [-0.2, 0) is 6.18 Å². The molecule has 15 heteroatoms. The van der Waals surface area contributed by atoms with Gasteiger partial charge in [0.2, 0.25) is 0 Å². The van der Waals surface area contributed by atoms with Crippen molar-refractivity contribution in [3.63, 3.8) is 0 Å². The molecular formula is C29H16F6N6O2S. The number of anilines is 1. The van der Waals surface area contributed by atoms with E-state index < -0.39 is 41.6 Å². The van der Waals surface area contributed by atoms with Crippen molar-refractivity contribution in [2.24, 2.45) is 5.73 Å². The van der Waals surface area contributed by atoms with E-state index in [4.69, 9.17) is 5.73 Å². The molecule has 0 spiro atoms. The Kier molecular flexibility index (Phi) is 7.04. The molecule has 0 aliphatic carbocycles. The Morgan fingerprint density at radius 3 is 2.30 bits per heavy atom. The fourth-order valence-corrected chi connectivity index (χ4v) is 5.64. The van der Waals surface area contributed by atoms with Crippen molar-refractivity contribution in [3.05, 3.63) is 101 Å². The summed E-state index contributed by atoms with van der Waals surface area (Å²) in [6, 6.07) is 14.7. The van der Waals surface area contributed by atoms with Crippen LogP contribution >= 0.6 is 11.3 Å². The van der Waals surface area contributed by atoms with E-state index in [0.29, 0.717) is 23.0 Å². The summed E-state index contributed by atoms with van der Waals surface area (Å²) in [5.41, 5.74) is 3.54. The highest BCUT2D eigenvalue weighted by Gasteiger charge is 2.35. The molecule has 0 radical (unpaired) electrons. The lowest BCUT2D eigenvalue weighted by atomic mass is 10.0. The summed E-state index contributed by atoms with van der Waals surface area (Å²) >= 11 is 0.513. The minimum Gasteiger partial charge on any atom is -0.365 e. The average Bonchev–Trinajstić information content (AvgIpc) is 3.58. The summed E-state index contributed by atoms with van der Waals surface area (Å²) < 4.78 is 83.9. The molecule has 0 saturated heterocycles. The number of carbonyl (C=O) groups excluding carboxylic acids is 2. The molecule has 222 valence electrons. The number of nitrogens with one attached hydrogen (secondary N) is 1. The number of hydrogen-bond donors (Lipinski definition) is 2. The highest BCUT2D eigenvalue weighted by atomic mass is 32.1. The maximum atomic E-state index is 14.0. The summed E-state index contributed by atoms with van der Waals surface area (Å²) in [4.78, 5) is 33.5. The molecule has 6 rings (SSSR count). The van der Waals surface area contributed by atoms with E-state index in [0.717, 1.165) is 28.9 Å². The third-order valence-corrected chi connectivity index (χ3v) is 7.71. The number of primary amides is 1. The lowest BCUT2D eigenvalue weighted by Gasteiger charge is -2.12. The fourth-order valence-electron chi connectivity index (χ4n) is 4.63. The first kappa shape index (κ1) is 28.8. The van der Waals surface area contributed by atoms with Crippen LogP contribution in [0.2, 0.25) is 0 Å². The molecule has 8 nitrogen and oxygen atoms in total. The standard InChI is InChI=1S/C29H16F6N6O2S/c30-15-8-6-13(7-9-15)16-10-20(29(33,34)35)39-28-21(16)22(23(44-28)25(36)42)40-27(43)17-12-37-41-19(24(31)32)11-18(38-26(17)41)14-4-2-1-3-5-14/h1-12,24H,(H2,36,42)(H,40,43). The van der Waals surface area contributed by atoms with Crippen molar-refractivity contribution >= 4 is 44.7 Å². The van der Waals surface area contributed by atoms with Crippen LogP contribution in [0.3, 0.4) is 0 Å². The van der Waals surface area contributed by atoms with Crippen LogP contribution in [0.15, 0.2) is 72.9 Å². The fraction of sp³-hybridized carbons (Fsp3) is 0.0690. The first-order chi connectivity index (χ1) is 20.9. The number of thiophene rings is 1. The Morgan fingerprint density at radius 2 is 1.66 bits per heavy atom. The van der Waals surface area contributed by atoms with Gasteiger partial charge in [0.05, 0.1) is 17.6 Å². The molecule has 0 atom stereocenters. The van der Waals surface area contributed by atoms with Crippen LogP contribution < -0.4 is 11.1 Å². The molecular weight excluding hydrogens is 610 g/mol. The van der Waals surface area contributed by atoms with Gasteiger partial charge in [-0.2, -0.15) is 18.3 Å². The molecule has 0 aliphatic rings. The maximum absolute atomic E-state index is 14.0. The number of amides is 2. The Bertz CT molecular complexity index is 2070. The molecule has 3 N–H and O–H groups in total. The van der Waals surface area contributed by atoms with Gasteiger partial charge in [0.15, 0.2) is 5.65 Å². The highest BCUT2D eigenvalue weighted by Crippen LogP contribution is 2.44. The lowest BCUT2D eigenvalue weighted by Crippen LogP contribution is -2.17. The summed E-state index contributed by atoms with van der Waals surface area (Å²) in [6.07, 6.45) is -6.88. The molecule has 6 aromatic rings. The number of nitrogens with two attached hydrogens (primary N) is 1. The van der Waals surface area contributed by atoms with E-state index in [-0.39, 0.29) is 48.8 Å². The number of hydrogen-bond acceptors (Lipinski definition) is 6. The monoisotopic (exact) mass is 626 g/mol. The second-order valence-corrected chi connectivity index (χ2v) is 10.4. The highest BCUT2D eigenvalue weighted by molar-refractivity contribution is 7.21. The van der Waals surface area contributed by atoms with E-state index in [1.165, 1.54) is 12.1 Å². The molecule has 0 bridgehead atoms. The van der Waals surface area contributed by atoms with Gasteiger partial charge in [-0.1, -0.05) is 42.5 Å². The van der Waals surface area contributed by atoms with Gasteiger partial charge in [-0.05, 0) is 35.4 Å². The molecule has 0 saturated carbocycles. The zero-order valence-corrected chi connectivity index (χ0v) is 22.7. The molecule has 4 aromatic heterocycles. The minimum atomic E-state index is -4.88. The van der Waals surface area contributed by atoms with E-state index in [2.05, 4.69) is 20.4 Å². The number of carbonyl (C=O) groups is 2. The zero-order valence-electron chi connectivity index (χ0n) is 21.9. The smallest absolute Gasteiger partial charge is 0.365 e. The first-order valence-corrected chi connectivity index (χ1v) is 13.4. The van der Waals surface area contributed by atoms with Gasteiger partial charge in [-0.15, -0.1) is 11.3 Å². The molecule has 4 heterocycles.